The summed E-state index contributed by atoms with van der Waals surface area (Å²) >= 11 is 0. The Bertz CT molecular complexity index is 1000. The number of rotatable bonds is 6. The number of ether oxygens (including phenoxy) is 1. The van der Waals surface area contributed by atoms with Gasteiger partial charge in [-0.05, 0) is 18.1 Å². The fourth-order valence-corrected chi connectivity index (χ4v) is 2.81. The molecule has 0 aliphatic rings. The normalized spacial score (nSPS) is 10.7. The molecule has 5 heteroatoms. The maximum absolute atomic E-state index is 12.4. The Morgan fingerprint density at radius 1 is 1.04 bits per heavy atom. The van der Waals surface area contributed by atoms with E-state index in [2.05, 4.69) is 11.9 Å². The number of H-pyrrole nitrogens is 1. The van der Waals surface area contributed by atoms with E-state index in [1.54, 1.807) is 36.4 Å². The minimum atomic E-state index is -0.691. The predicted octanol–water partition coefficient (Wildman–Crippen LogP) is 3.52. The van der Waals surface area contributed by atoms with Crippen molar-refractivity contribution in [2.24, 2.45) is 0 Å². The van der Waals surface area contributed by atoms with Crippen LogP contribution in [0.2, 0.25) is 0 Å². The van der Waals surface area contributed by atoms with Crippen LogP contribution in [0.25, 0.3) is 10.9 Å². The molecule has 0 atom stereocenters. The van der Waals surface area contributed by atoms with Crippen molar-refractivity contribution in [1.82, 2.24) is 4.98 Å². The molecular weight excluding hydrogens is 330 g/mol. The van der Waals surface area contributed by atoms with Gasteiger partial charge in [0.05, 0.1) is 5.56 Å². The summed E-state index contributed by atoms with van der Waals surface area (Å²) in [5.41, 5.74) is 1.96. The Morgan fingerprint density at radius 3 is 2.50 bits per heavy atom. The minimum absolute atomic E-state index is 0.149. The zero-order valence-corrected chi connectivity index (χ0v) is 14.5. The lowest BCUT2D eigenvalue weighted by Crippen LogP contribution is -2.17. The van der Waals surface area contributed by atoms with Gasteiger partial charge in [-0.2, -0.15) is 0 Å². The van der Waals surface area contributed by atoms with E-state index < -0.39 is 11.5 Å². The lowest BCUT2D eigenvalue weighted by molar-refractivity contribution is 0.0476. The third kappa shape index (κ3) is 3.88. The number of ketones is 1. The Hall–Kier alpha value is -3.21. The van der Waals surface area contributed by atoms with Crippen LogP contribution in [0.1, 0.15) is 39.6 Å². The Balaban J connectivity index is 1.73. The fraction of sp³-hybridized carbons (Fsp3) is 0.190. The first-order valence-corrected chi connectivity index (χ1v) is 8.50. The molecule has 0 saturated heterocycles. The molecule has 0 fully saturated rings. The largest absolute Gasteiger partial charge is 0.454 e. The number of aromatic nitrogens is 1. The summed E-state index contributed by atoms with van der Waals surface area (Å²) in [6.45, 7) is 1.73. The first kappa shape index (κ1) is 17.6. The van der Waals surface area contributed by atoms with Crippen LogP contribution in [0.15, 0.2) is 59.4 Å². The molecule has 0 spiro atoms. The summed E-state index contributed by atoms with van der Waals surface area (Å²) in [6, 6.07) is 15.4. The van der Waals surface area contributed by atoms with E-state index in [9.17, 15) is 14.4 Å². The number of aromatic amines is 1. The SMILES string of the molecule is CCCc1ccc(C(=O)COC(=O)c2cc(=O)[nH]c3ccccc23)cc1. The van der Waals surface area contributed by atoms with Gasteiger partial charge >= 0.3 is 5.97 Å². The number of esters is 1. The molecule has 3 rings (SSSR count). The molecule has 132 valence electrons. The van der Waals surface area contributed by atoms with Crippen molar-refractivity contribution < 1.29 is 14.3 Å². The zero-order chi connectivity index (χ0) is 18.5. The maximum atomic E-state index is 12.4. The van der Waals surface area contributed by atoms with Crippen molar-refractivity contribution in [3.8, 4) is 0 Å². The van der Waals surface area contributed by atoms with Gasteiger partial charge in [-0.1, -0.05) is 55.8 Å². The second-order valence-electron chi connectivity index (χ2n) is 6.04. The average Bonchev–Trinajstić information content (AvgIpc) is 2.66. The Morgan fingerprint density at radius 2 is 1.77 bits per heavy atom. The number of nitrogens with one attached hydrogen (secondary N) is 1. The number of aryl methyl sites for hydroxylation is 1. The molecule has 1 aromatic heterocycles. The standard InChI is InChI=1S/C21H19NO4/c1-2-5-14-8-10-15(11-9-14)19(23)13-26-21(25)17-12-20(24)22-18-7-4-3-6-16(17)18/h3-4,6-12H,2,5,13H2,1H3,(H,22,24). The van der Waals surface area contributed by atoms with E-state index >= 15 is 0 Å². The number of hydrogen-bond donors (Lipinski definition) is 1. The van der Waals surface area contributed by atoms with Crippen LogP contribution < -0.4 is 5.56 Å². The highest BCUT2D eigenvalue weighted by Gasteiger charge is 2.15. The highest BCUT2D eigenvalue weighted by molar-refractivity contribution is 6.05. The summed E-state index contributed by atoms with van der Waals surface area (Å²) in [5, 5.41) is 0.577. The van der Waals surface area contributed by atoms with Crippen molar-refractivity contribution in [1.29, 1.82) is 0 Å². The highest BCUT2D eigenvalue weighted by atomic mass is 16.5. The van der Waals surface area contributed by atoms with Crippen LogP contribution in [-0.2, 0) is 11.2 Å². The number of Topliss-reactive ketones (excluding diaryl/α,β-unsaturated/α-hetero) is 1. The van der Waals surface area contributed by atoms with Crippen LogP contribution in [0.3, 0.4) is 0 Å². The third-order valence-corrected chi connectivity index (χ3v) is 4.12. The number of carbonyl (C=O) groups excluding carboxylic acids is 2. The van der Waals surface area contributed by atoms with Crippen molar-refractivity contribution in [3.05, 3.63) is 81.6 Å². The van der Waals surface area contributed by atoms with Gasteiger partial charge in [-0.25, -0.2) is 4.79 Å². The molecule has 0 bridgehead atoms. The van der Waals surface area contributed by atoms with Crippen LogP contribution >= 0.6 is 0 Å². The van der Waals surface area contributed by atoms with E-state index in [0.29, 0.717) is 16.5 Å². The molecule has 2 aromatic carbocycles. The van der Waals surface area contributed by atoms with Gasteiger partial charge in [0.25, 0.3) is 0 Å². The topological polar surface area (TPSA) is 76.2 Å². The van der Waals surface area contributed by atoms with Crippen LogP contribution in [0.4, 0.5) is 0 Å². The summed E-state index contributed by atoms with van der Waals surface area (Å²) in [6.07, 6.45) is 1.99. The van der Waals surface area contributed by atoms with Crippen molar-refractivity contribution in [2.75, 3.05) is 6.61 Å². The Kier molecular flexibility index (Phi) is 5.27. The van der Waals surface area contributed by atoms with Crippen LogP contribution in [-0.4, -0.2) is 23.3 Å². The van der Waals surface area contributed by atoms with E-state index in [1.807, 2.05) is 12.1 Å². The molecule has 1 N–H and O–H groups in total. The van der Waals surface area contributed by atoms with Crippen molar-refractivity contribution in [3.63, 3.8) is 0 Å². The number of para-hydroxylation sites is 1. The fourth-order valence-electron chi connectivity index (χ4n) is 2.81. The van der Waals surface area contributed by atoms with Crippen LogP contribution in [0, 0.1) is 0 Å². The number of pyridine rings is 1. The second-order valence-corrected chi connectivity index (χ2v) is 6.04. The molecule has 0 amide bonds. The Labute approximate surface area is 150 Å². The van der Waals surface area contributed by atoms with Crippen molar-refractivity contribution in [2.45, 2.75) is 19.8 Å². The van der Waals surface area contributed by atoms with E-state index in [0.717, 1.165) is 18.4 Å². The van der Waals surface area contributed by atoms with Gasteiger partial charge in [0.15, 0.2) is 12.4 Å². The first-order valence-electron chi connectivity index (χ1n) is 8.50. The molecule has 0 aliphatic carbocycles. The highest BCUT2D eigenvalue weighted by Crippen LogP contribution is 2.16. The van der Waals surface area contributed by atoms with Gasteiger partial charge in [0, 0.05) is 22.5 Å². The summed E-state index contributed by atoms with van der Waals surface area (Å²) < 4.78 is 5.14. The smallest absolute Gasteiger partial charge is 0.339 e. The summed E-state index contributed by atoms with van der Waals surface area (Å²) in [5.74, 6) is -0.973. The molecule has 0 radical (unpaired) electrons. The second kappa shape index (κ2) is 7.78. The van der Waals surface area contributed by atoms with E-state index in [1.165, 1.54) is 6.07 Å². The lowest BCUT2D eigenvalue weighted by Gasteiger charge is -2.07. The number of benzene rings is 2. The third-order valence-electron chi connectivity index (χ3n) is 4.12. The molecule has 1 heterocycles. The monoisotopic (exact) mass is 349 g/mol. The molecule has 5 nitrogen and oxygen atoms in total. The van der Waals surface area contributed by atoms with E-state index in [-0.39, 0.29) is 18.0 Å². The van der Waals surface area contributed by atoms with Gasteiger partial charge in [0.2, 0.25) is 5.56 Å². The predicted molar refractivity (Wildman–Crippen MR) is 99.6 cm³/mol. The number of hydrogen-bond acceptors (Lipinski definition) is 4. The van der Waals surface area contributed by atoms with Gasteiger partial charge in [0.1, 0.15) is 0 Å². The first-order chi connectivity index (χ1) is 12.6. The molecule has 3 aromatic rings. The number of fused-ring (bicyclic) bond motifs is 1. The minimum Gasteiger partial charge on any atom is -0.454 e. The van der Waals surface area contributed by atoms with Gasteiger partial charge < -0.3 is 9.72 Å². The quantitative estimate of drug-likeness (QED) is 0.546. The molecule has 26 heavy (non-hydrogen) atoms. The lowest BCUT2D eigenvalue weighted by atomic mass is 10.1. The zero-order valence-electron chi connectivity index (χ0n) is 14.5. The number of carbonyl (C=O) groups is 2. The summed E-state index contributed by atoms with van der Waals surface area (Å²) in [7, 11) is 0. The van der Waals surface area contributed by atoms with Gasteiger partial charge in [-0.15, -0.1) is 0 Å². The molecule has 0 unspecified atom stereocenters. The van der Waals surface area contributed by atoms with Gasteiger partial charge in [-0.3, -0.25) is 9.59 Å². The van der Waals surface area contributed by atoms with E-state index in [4.69, 9.17) is 4.74 Å². The van der Waals surface area contributed by atoms with Crippen LogP contribution in [0.5, 0.6) is 0 Å². The van der Waals surface area contributed by atoms with Crippen molar-refractivity contribution >= 4 is 22.7 Å². The average molecular weight is 349 g/mol. The molecular formula is C21H19NO4. The molecule has 0 saturated carbocycles. The maximum Gasteiger partial charge on any atom is 0.339 e. The summed E-state index contributed by atoms with van der Waals surface area (Å²) in [4.78, 5) is 39.0. The molecule has 0 aliphatic heterocycles.